The molecule has 0 aliphatic rings. The second-order valence-electron chi connectivity index (χ2n) is 6.52. The molecule has 1 rings (SSSR count). The topological polar surface area (TPSA) is 64.7 Å². The maximum atomic E-state index is 9.15. The van der Waals surface area contributed by atoms with Crippen molar-refractivity contribution in [1.29, 1.82) is 0 Å². The van der Waals surface area contributed by atoms with E-state index in [9.17, 15) is 0 Å². The van der Waals surface area contributed by atoms with Gasteiger partial charge in [-0.2, -0.15) is 0 Å². The number of benzene rings is 1. The van der Waals surface area contributed by atoms with Gasteiger partial charge < -0.3 is 20.3 Å². The van der Waals surface area contributed by atoms with E-state index in [1.54, 1.807) is 7.11 Å². The van der Waals surface area contributed by atoms with Crippen LogP contribution in [0.3, 0.4) is 0 Å². The van der Waals surface area contributed by atoms with E-state index in [0.29, 0.717) is 13.0 Å². The highest BCUT2D eigenvalue weighted by atomic mass is 16.5. The Morgan fingerprint density at radius 3 is 2.35 bits per heavy atom. The van der Waals surface area contributed by atoms with E-state index in [0.717, 1.165) is 17.1 Å². The fourth-order valence-corrected chi connectivity index (χ4v) is 1.82. The summed E-state index contributed by atoms with van der Waals surface area (Å²) in [6.07, 6.45) is 0.596. The van der Waals surface area contributed by atoms with Crippen LogP contribution in [0.25, 0.3) is 0 Å². The minimum atomic E-state index is -0.603. The molecular formula is C16H27NO3. The first-order valence-corrected chi connectivity index (χ1v) is 6.91. The van der Waals surface area contributed by atoms with Gasteiger partial charge in [0, 0.05) is 17.5 Å². The maximum Gasteiger partial charge on any atom is 0.123 e. The normalized spacial score (nSPS) is 14.8. The van der Waals surface area contributed by atoms with Gasteiger partial charge in [-0.15, -0.1) is 0 Å². The number of hydrogen-bond acceptors (Lipinski definition) is 4. The number of methoxy groups -OCH3 is 1. The van der Waals surface area contributed by atoms with Gasteiger partial charge >= 0.3 is 0 Å². The fourth-order valence-electron chi connectivity index (χ4n) is 1.82. The molecule has 4 heteroatoms. The molecule has 114 valence electrons. The van der Waals surface area contributed by atoms with Gasteiger partial charge in [0.05, 0.1) is 20.3 Å². The van der Waals surface area contributed by atoms with Gasteiger partial charge in [-0.1, -0.05) is 20.8 Å². The van der Waals surface area contributed by atoms with Gasteiger partial charge in [0.1, 0.15) is 11.5 Å². The molecule has 0 aliphatic heterocycles. The Kier molecular flexibility index (Phi) is 5.42. The van der Waals surface area contributed by atoms with Crippen LogP contribution in [-0.4, -0.2) is 31.0 Å². The molecule has 4 nitrogen and oxygen atoms in total. The number of hydrogen-bond donors (Lipinski definition) is 2. The lowest BCUT2D eigenvalue weighted by Gasteiger charge is -2.25. The monoisotopic (exact) mass is 281 g/mol. The minimum Gasteiger partial charge on any atom is -0.497 e. The van der Waals surface area contributed by atoms with E-state index < -0.39 is 5.54 Å². The van der Waals surface area contributed by atoms with Crippen LogP contribution in [0.15, 0.2) is 18.2 Å². The molecule has 0 bridgehead atoms. The number of nitrogens with two attached hydrogens (primary N) is 1. The van der Waals surface area contributed by atoms with Crippen molar-refractivity contribution in [3.63, 3.8) is 0 Å². The molecule has 0 radical (unpaired) electrons. The smallest absolute Gasteiger partial charge is 0.123 e. The SMILES string of the molecule is COc1ccc(OCCC(C)(N)CO)c(C(C)(C)C)c1. The lowest BCUT2D eigenvalue weighted by molar-refractivity contribution is 0.174. The van der Waals surface area contributed by atoms with Crippen molar-refractivity contribution in [2.75, 3.05) is 20.3 Å². The van der Waals surface area contributed by atoms with Crippen LogP contribution in [0.5, 0.6) is 11.5 Å². The summed E-state index contributed by atoms with van der Waals surface area (Å²) >= 11 is 0. The van der Waals surface area contributed by atoms with Crippen LogP contribution in [-0.2, 0) is 5.41 Å². The van der Waals surface area contributed by atoms with Gasteiger partial charge in [-0.3, -0.25) is 0 Å². The van der Waals surface area contributed by atoms with Gasteiger partial charge in [-0.05, 0) is 30.5 Å². The highest BCUT2D eigenvalue weighted by Crippen LogP contribution is 2.34. The van der Waals surface area contributed by atoms with E-state index in [-0.39, 0.29) is 12.0 Å². The van der Waals surface area contributed by atoms with Crippen LogP contribution in [0.2, 0.25) is 0 Å². The van der Waals surface area contributed by atoms with Crippen LogP contribution in [0.4, 0.5) is 0 Å². The average Bonchev–Trinajstić information content (AvgIpc) is 2.37. The molecule has 1 atom stereocenters. The molecule has 0 saturated heterocycles. The van der Waals surface area contributed by atoms with E-state index in [4.69, 9.17) is 20.3 Å². The molecule has 0 saturated carbocycles. The van der Waals surface area contributed by atoms with Gasteiger partial charge in [0.15, 0.2) is 0 Å². The van der Waals surface area contributed by atoms with Gasteiger partial charge in [-0.25, -0.2) is 0 Å². The quantitative estimate of drug-likeness (QED) is 0.840. The van der Waals surface area contributed by atoms with Crippen LogP contribution < -0.4 is 15.2 Å². The molecule has 0 aliphatic carbocycles. The summed E-state index contributed by atoms with van der Waals surface area (Å²) in [6.45, 7) is 8.64. The molecule has 0 aromatic heterocycles. The van der Waals surface area contributed by atoms with Crippen molar-refractivity contribution < 1.29 is 14.6 Å². The molecule has 1 aromatic rings. The Morgan fingerprint density at radius 1 is 1.20 bits per heavy atom. The summed E-state index contributed by atoms with van der Waals surface area (Å²) in [5.41, 5.74) is 6.36. The molecule has 1 unspecified atom stereocenters. The minimum absolute atomic E-state index is 0.0349. The van der Waals surface area contributed by atoms with E-state index in [1.165, 1.54) is 0 Å². The van der Waals surface area contributed by atoms with E-state index in [1.807, 2.05) is 25.1 Å². The third kappa shape index (κ3) is 4.69. The Morgan fingerprint density at radius 2 is 1.85 bits per heavy atom. The van der Waals surface area contributed by atoms with Crippen LogP contribution >= 0.6 is 0 Å². The molecular weight excluding hydrogens is 254 g/mol. The Bertz CT molecular complexity index is 436. The Labute approximate surface area is 121 Å². The Hall–Kier alpha value is -1.26. The number of aliphatic hydroxyl groups is 1. The summed E-state index contributed by atoms with van der Waals surface area (Å²) in [6, 6.07) is 5.81. The standard InChI is InChI=1S/C16H27NO3/c1-15(2,3)13-10-12(19-5)6-7-14(13)20-9-8-16(4,17)11-18/h6-7,10,18H,8-9,11,17H2,1-5H3. The molecule has 0 spiro atoms. The highest BCUT2D eigenvalue weighted by Gasteiger charge is 2.21. The zero-order chi connectivity index (χ0) is 15.4. The summed E-state index contributed by atoms with van der Waals surface area (Å²) in [4.78, 5) is 0. The average molecular weight is 281 g/mol. The van der Waals surface area contributed by atoms with Gasteiger partial charge in [0.2, 0.25) is 0 Å². The predicted octanol–water partition coefficient (Wildman–Crippen LogP) is 2.47. The van der Waals surface area contributed by atoms with Crippen molar-refractivity contribution in [2.24, 2.45) is 5.73 Å². The molecule has 1 aromatic carbocycles. The summed E-state index contributed by atoms with van der Waals surface area (Å²) in [5, 5.41) is 9.15. The zero-order valence-electron chi connectivity index (χ0n) is 13.2. The van der Waals surface area contributed by atoms with Gasteiger partial charge in [0.25, 0.3) is 0 Å². The number of aliphatic hydroxyl groups excluding tert-OH is 1. The van der Waals surface area contributed by atoms with E-state index >= 15 is 0 Å². The largest absolute Gasteiger partial charge is 0.497 e. The van der Waals surface area contributed by atoms with Crippen molar-refractivity contribution in [1.82, 2.24) is 0 Å². The van der Waals surface area contributed by atoms with Crippen LogP contribution in [0.1, 0.15) is 39.7 Å². The second-order valence-corrected chi connectivity index (χ2v) is 6.52. The molecule has 0 heterocycles. The van der Waals surface area contributed by atoms with E-state index in [2.05, 4.69) is 20.8 Å². The summed E-state index contributed by atoms with van der Waals surface area (Å²) < 4.78 is 11.1. The molecule has 0 amide bonds. The summed E-state index contributed by atoms with van der Waals surface area (Å²) in [5.74, 6) is 1.66. The summed E-state index contributed by atoms with van der Waals surface area (Å²) in [7, 11) is 1.66. The third-order valence-electron chi connectivity index (χ3n) is 3.29. The highest BCUT2D eigenvalue weighted by molar-refractivity contribution is 5.44. The molecule has 0 fully saturated rings. The Balaban J connectivity index is 2.84. The molecule has 20 heavy (non-hydrogen) atoms. The van der Waals surface area contributed by atoms with Crippen molar-refractivity contribution in [2.45, 2.75) is 45.1 Å². The van der Waals surface area contributed by atoms with Crippen molar-refractivity contribution in [3.05, 3.63) is 23.8 Å². The maximum absolute atomic E-state index is 9.15. The first-order valence-electron chi connectivity index (χ1n) is 6.91. The third-order valence-corrected chi connectivity index (χ3v) is 3.29. The first kappa shape index (κ1) is 16.8. The lowest BCUT2D eigenvalue weighted by atomic mass is 9.86. The number of rotatable bonds is 6. The van der Waals surface area contributed by atoms with Crippen LogP contribution in [0, 0.1) is 0 Å². The predicted molar refractivity (Wildman–Crippen MR) is 81.5 cm³/mol. The van der Waals surface area contributed by atoms with Crippen molar-refractivity contribution >= 4 is 0 Å². The fraction of sp³-hybridized carbons (Fsp3) is 0.625. The zero-order valence-corrected chi connectivity index (χ0v) is 13.2. The lowest BCUT2D eigenvalue weighted by Crippen LogP contribution is -2.41. The number of ether oxygens (including phenoxy) is 2. The van der Waals surface area contributed by atoms with Crippen molar-refractivity contribution in [3.8, 4) is 11.5 Å². The molecule has 3 N–H and O–H groups in total. The first-order chi connectivity index (χ1) is 9.19. The second kappa shape index (κ2) is 6.46.